The molecule has 0 aromatic carbocycles. The van der Waals surface area contributed by atoms with Crippen LogP contribution in [0.1, 0.15) is 39.5 Å². The molecule has 2 saturated heterocycles. The Balaban J connectivity index is 1.36. The van der Waals surface area contributed by atoms with Crippen LogP contribution in [0.15, 0.2) is 0 Å². The summed E-state index contributed by atoms with van der Waals surface area (Å²) in [7, 11) is 0. The lowest BCUT2D eigenvalue weighted by atomic mass is 9.90. The Bertz CT molecular complexity index is 392. The topological polar surface area (TPSA) is 54.0 Å². The van der Waals surface area contributed by atoms with Gasteiger partial charge >= 0.3 is 0 Å². The molecule has 0 atom stereocenters. The maximum Gasteiger partial charge on any atom is 0.234 e. The fourth-order valence-electron chi connectivity index (χ4n) is 3.90. The Kier molecular flexibility index (Phi) is 5.57. The number of piperazine rings is 1. The van der Waals surface area contributed by atoms with Crippen LogP contribution >= 0.6 is 0 Å². The number of ether oxygens (including phenoxy) is 2. The van der Waals surface area contributed by atoms with Crippen LogP contribution < -0.4 is 5.32 Å². The smallest absolute Gasteiger partial charge is 0.234 e. The largest absolute Gasteiger partial charge is 0.352 e. The molecular formula is C17H31N3O3. The van der Waals surface area contributed by atoms with E-state index in [0.717, 1.165) is 51.9 Å². The first kappa shape index (κ1) is 17.1. The molecule has 3 fully saturated rings. The Labute approximate surface area is 139 Å². The van der Waals surface area contributed by atoms with Crippen LogP contribution in [0, 0.1) is 0 Å². The molecule has 3 rings (SSSR count). The van der Waals surface area contributed by atoms with Gasteiger partial charge in [-0.2, -0.15) is 0 Å². The van der Waals surface area contributed by atoms with E-state index in [1.54, 1.807) is 0 Å². The first-order chi connectivity index (χ1) is 11.1. The maximum atomic E-state index is 12.3. The molecule has 23 heavy (non-hydrogen) atoms. The average molecular weight is 325 g/mol. The van der Waals surface area contributed by atoms with E-state index >= 15 is 0 Å². The van der Waals surface area contributed by atoms with E-state index in [9.17, 15) is 4.79 Å². The predicted molar refractivity (Wildman–Crippen MR) is 88.2 cm³/mol. The quantitative estimate of drug-likeness (QED) is 0.829. The fourth-order valence-corrected chi connectivity index (χ4v) is 3.90. The lowest BCUT2D eigenvalue weighted by Crippen LogP contribution is -2.52. The monoisotopic (exact) mass is 325 g/mol. The van der Waals surface area contributed by atoms with Crippen LogP contribution in [0.2, 0.25) is 0 Å². The standard InChI is InChI=1S/C17H31N3O3/c1-14(2)20-9-7-19(8-10-20)13-16(21)18-15-3-5-17(6-4-15)22-11-12-23-17/h14-15H,3-13H2,1-2H3,(H,18,21). The third kappa shape index (κ3) is 4.44. The summed E-state index contributed by atoms with van der Waals surface area (Å²) in [5.41, 5.74) is 0. The van der Waals surface area contributed by atoms with Crippen LogP contribution in [0.25, 0.3) is 0 Å². The first-order valence-corrected chi connectivity index (χ1v) is 9.10. The van der Waals surface area contributed by atoms with Gasteiger partial charge in [-0.15, -0.1) is 0 Å². The van der Waals surface area contributed by atoms with Crippen molar-refractivity contribution in [3.05, 3.63) is 0 Å². The van der Waals surface area contributed by atoms with E-state index in [2.05, 4.69) is 29.0 Å². The molecule has 3 aliphatic rings. The first-order valence-electron chi connectivity index (χ1n) is 9.10. The molecule has 6 nitrogen and oxygen atoms in total. The van der Waals surface area contributed by atoms with Crippen molar-refractivity contribution in [2.45, 2.75) is 57.4 Å². The van der Waals surface area contributed by atoms with Crippen molar-refractivity contribution in [3.8, 4) is 0 Å². The molecule has 0 aromatic rings. The van der Waals surface area contributed by atoms with Crippen molar-refractivity contribution in [3.63, 3.8) is 0 Å². The predicted octanol–water partition coefficient (Wildman–Crippen LogP) is 0.814. The highest BCUT2D eigenvalue weighted by Crippen LogP contribution is 2.35. The zero-order valence-corrected chi connectivity index (χ0v) is 14.6. The summed E-state index contributed by atoms with van der Waals surface area (Å²) in [4.78, 5) is 17.0. The molecule has 2 heterocycles. The SMILES string of the molecule is CC(C)N1CCN(CC(=O)NC2CCC3(CC2)OCCO3)CC1. The van der Waals surface area contributed by atoms with Crippen LogP contribution in [0.4, 0.5) is 0 Å². The number of rotatable bonds is 4. The van der Waals surface area contributed by atoms with E-state index in [1.807, 2.05) is 0 Å². The molecule has 132 valence electrons. The summed E-state index contributed by atoms with van der Waals surface area (Å²) in [6, 6.07) is 0.874. The summed E-state index contributed by atoms with van der Waals surface area (Å²) in [5, 5.41) is 3.20. The average Bonchev–Trinajstić information content (AvgIpc) is 2.99. The number of carbonyl (C=O) groups excluding carboxylic acids is 1. The molecule has 0 aromatic heterocycles. The number of carbonyl (C=O) groups is 1. The normalized spacial score (nSPS) is 26.9. The Morgan fingerprint density at radius 1 is 1.13 bits per heavy atom. The van der Waals surface area contributed by atoms with Crippen LogP contribution in [-0.2, 0) is 14.3 Å². The van der Waals surface area contributed by atoms with Gasteiger partial charge in [0, 0.05) is 51.1 Å². The highest BCUT2D eigenvalue weighted by atomic mass is 16.7. The van der Waals surface area contributed by atoms with Gasteiger partial charge in [0.2, 0.25) is 5.91 Å². The van der Waals surface area contributed by atoms with Crippen molar-refractivity contribution in [1.82, 2.24) is 15.1 Å². The summed E-state index contributed by atoms with van der Waals surface area (Å²) in [6.45, 7) is 10.5. The number of nitrogens with zero attached hydrogens (tertiary/aromatic N) is 2. The van der Waals surface area contributed by atoms with Gasteiger partial charge in [0.05, 0.1) is 19.8 Å². The maximum absolute atomic E-state index is 12.3. The molecule has 1 N–H and O–H groups in total. The molecule has 6 heteroatoms. The van der Waals surface area contributed by atoms with Crippen LogP contribution in [-0.4, -0.2) is 79.5 Å². The molecule has 2 aliphatic heterocycles. The van der Waals surface area contributed by atoms with Gasteiger partial charge in [-0.25, -0.2) is 0 Å². The van der Waals surface area contributed by atoms with E-state index in [4.69, 9.17) is 9.47 Å². The lowest BCUT2D eigenvalue weighted by Gasteiger charge is -2.37. The second-order valence-electron chi connectivity index (χ2n) is 7.36. The van der Waals surface area contributed by atoms with E-state index in [-0.39, 0.29) is 17.7 Å². The van der Waals surface area contributed by atoms with Gasteiger partial charge in [-0.05, 0) is 26.7 Å². The van der Waals surface area contributed by atoms with Crippen molar-refractivity contribution in [2.24, 2.45) is 0 Å². The summed E-state index contributed by atoms with van der Waals surface area (Å²) in [6.07, 6.45) is 3.69. The van der Waals surface area contributed by atoms with Gasteiger partial charge in [0.25, 0.3) is 0 Å². The summed E-state index contributed by atoms with van der Waals surface area (Å²) < 4.78 is 11.5. The third-order valence-electron chi connectivity index (χ3n) is 5.43. The van der Waals surface area contributed by atoms with E-state index in [0.29, 0.717) is 25.8 Å². The molecular weight excluding hydrogens is 294 g/mol. The van der Waals surface area contributed by atoms with Gasteiger partial charge in [0.15, 0.2) is 5.79 Å². The summed E-state index contributed by atoms with van der Waals surface area (Å²) in [5.74, 6) is -0.175. The number of amides is 1. The number of hydrogen-bond donors (Lipinski definition) is 1. The number of nitrogens with one attached hydrogen (secondary N) is 1. The fraction of sp³-hybridized carbons (Fsp3) is 0.941. The van der Waals surface area contributed by atoms with Gasteiger partial charge < -0.3 is 14.8 Å². The zero-order chi connectivity index (χ0) is 16.3. The Morgan fingerprint density at radius 2 is 1.74 bits per heavy atom. The lowest BCUT2D eigenvalue weighted by molar-refractivity contribution is -0.180. The van der Waals surface area contributed by atoms with Crippen molar-refractivity contribution in [1.29, 1.82) is 0 Å². The highest BCUT2D eigenvalue weighted by molar-refractivity contribution is 5.78. The molecule has 1 aliphatic carbocycles. The van der Waals surface area contributed by atoms with E-state index < -0.39 is 0 Å². The van der Waals surface area contributed by atoms with Crippen molar-refractivity contribution in [2.75, 3.05) is 45.9 Å². The third-order valence-corrected chi connectivity index (χ3v) is 5.43. The van der Waals surface area contributed by atoms with Gasteiger partial charge in [-0.3, -0.25) is 14.6 Å². The molecule has 0 radical (unpaired) electrons. The Hall–Kier alpha value is -0.690. The minimum absolute atomic E-state index is 0.164. The number of hydrogen-bond acceptors (Lipinski definition) is 5. The minimum Gasteiger partial charge on any atom is -0.352 e. The Morgan fingerprint density at radius 3 is 2.30 bits per heavy atom. The van der Waals surface area contributed by atoms with Gasteiger partial charge in [0.1, 0.15) is 0 Å². The van der Waals surface area contributed by atoms with Crippen LogP contribution in [0.3, 0.4) is 0 Å². The second kappa shape index (κ2) is 7.47. The molecule has 1 spiro atoms. The zero-order valence-electron chi connectivity index (χ0n) is 14.6. The molecule has 0 unspecified atom stereocenters. The molecule has 1 amide bonds. The highest BCUT2D eigenvalue weighted by Gasteiger charge is 2.40. The van der Waals surface area contributed by atoms with Gasteiger partial charge in [-0.1, -0.05) is 0 Å². The summed E-state index contributed by atoms with van der Waals surface area (Å²) >= 11 is 0. The van der Waals surface area contributed by atoms with Crippen molar-refractivity contribution >= 4 is 5.91 Å². The molecule has 1 saturated carbocycles. The van der Waals surface area contributed by atoms with E-state index in [1.165, 1.54) is 0 Å². The van der Waals surface area contributed by atoms with Crippen molar-refractivity contribution < 1.29 is 14.3 Å². The molecule has 0 bridgehead atoms. The second-order valence-corrected chi connectivity index (χ2v) is 7.36. The minimum atomic E-state index is -0.339. The van der Waals surface area contributed by atoms with Crippen LogP contribution in [0.5, 0.6) is 0 Å².